The van der Waals surface area contributed by atoms with E-state index in [2.05, 4.69) is 11.4 Å². The molecule has 0 radical (unpaired) electrons. The van der Waals surface area contributed by atoms with Crippen LogP contribution in [0.4, 0.5) is 4.39 Å². The normalized spacial score (nSPS) is 28.9. The van der Waals surface area contributed by atoms with E-state index in [0.717, 1.165) is 5.56 Å². The second kappa shape index (κ2) is 5.59. The Morgan fingerprint density at radius 2 is 2.20 bits per heavy atom. The molecule has 106 valence electrons. The Morgan fingerprint density at radius 3 is 2.75 bits per heavy atom. The average Bonchev–Trinajstić information content (AvgIpc) is 2.79. The van der Waals surface area contributed by atoms with E-state index in [1.165, 1.54) is 12.1 Å². The number of nitrogens with one attached hydrogen (secondary N) is 1. The highest BCUT2D eigenvalue weighted by Crippen LogP contribution is 2.43. The van der Waals surface area contributed by atoms with Gasteiger partial charge in [0.2, 0.25) is 0 Å². The van der Waals surface area contributed by atoms with Gasteiger partial charge in [0, 0.05) is 0 Å². The molecule has 0 unspecified atom stereocenters. The molecule has 2 rings (SSSR count). The lowest BCUT2D eigenvalue weighted by Gasteiger charge is -2.23. The van der Waals surface area contributed by atoms with Crippen molar-refractivity contribution in [2.45, 2.75) is 32.4 Å². The van der Waals surface area contributed by atoms with E-state index in [-0.39, 0.29) is 17.8 Å². The molecule has 20 heavy (non-hydrogen) atoms. The van der Waals surface area contributed by atoms with Crippen LogP contribution in [-0.4, -0.2) is 18.6 Å². The number of benzene rings is 1. The lowest BCUT2D eigenvalue weighted by Crippen LogP contribution is -2.34. The van der Waals surface area contributed by atoms with Crippen molar-refractivity contribution in [1.82, 2.24) is 5.32 Å². The van der Waals surface area contributed by atoms with Crippen LogP contribution in [0.3, 0.4) is 0 Å². The molecule has 4 nitrogen and oxygen atoms in total. The van der Waals surface area contributed by atoms with Gasteiger partial charge in [-0.15, -0.1) is 0 Å². The number of rotatable bonds is 3. The molecule has 1 aliphatic heterocycles. The maximum atomic E-state index is 13.0. The topological polar surface area (TPSA) is 62.1 Å². The molecular formula is C15H17FN2O2. The SMILES string of the molecule is CCOC(=O)[C@H]1C[C@](C)(C#N)[C@H](c2ccc(F)cc2)N1. The summed E-state index contributed by atoms with van der Waals surface area (Å²) in [5.41, 5.74) is 0.0668. The third kappa shape index (κ3) is 2.66. The number of carbonyl (C=O) groups is 1. The van der Waals surface area contributed by atoms with Crippen LogP contribution in [-0.2, 0) is 9.53 Å². The second-order valence-corrected chi connectivity index (χ2v) is 5.19. The summed E-state index contributed by atoms with van der Waals surface area (Å²) in [6.07, 6.45) is 0.379. The third-order valence-electron chi connectivity index (χ3n) is 3.66. The van der Waals surface area contributed by atoms with Gasteiger partial charge in [-0.05, 0) is 38.0 Å². The highest BCUT2D eigenvalue weighted by Gasteiger charge is 2.47. The first-order valence-electron chi connectivity index (χ1n) is 6.59. The van der Waals surface area contributed by atoms with Gasteiger partial charge in [0.25, 0.3) is 0 Å². The molecule has 1 heterocycles. The van der Waals surface area contributed by atoms with Gasteiger partial charge in [-0.2, -0.15) is 5.26 Å². The summed E-state index contributed by atoms with van der Waals surface area (Å²) in [7, 11) is 0. The molecule has 1 fully saturated rings. The number of nitriles is 1. The van der Waals surface area contributed by atoms with Gasteiger partial charge >= 0.3 is 5.97 Å². The van der Waals surface area contributed by atoms with Crippen molar-refractivity contribution in [3.05, 3.63) is 35.6 Å². The van der Waals surface area contributed by atoms with E-state index in [1.54, 1.807) is 26.0 Å². The Balaban J connectivity index is 2.25. The zero-order valence-electron chi connectivity index (χ0n) is 11.5. The predicted octanol–water partition coefficient (Wildman–Crippen LogP) is 2.32. The molecule has 1 aromatic rings. The van der Waals surface area contributed by atoms with Crippen LogP contribution in [0.25, 0.3) is 0 Å². The standard InChI is InChI=1S/C15H17FN2O2/c1-3-20-14(19)12-8-15(2,9-17)13(18-12)10-4-6-11(16)7-5-10/h4-7,12-13,18H,3,8H2,1-2H3/t12-,13+,15-/m1/s1. The largest absolute Gasteiger partial charge is 0.465 e. The van der Waals surface area contributed by atoms with E-state index in [9.17, 15) is 14.4 Å². The summed E-state index contributed by atoms with van der Waals surface area (Å²) < 4.78 is 18.0. The quantitative estimate of drug-likeness (QED) is 0.861. The van der Waals surface area contributed by atoms with Crippen molar-refractivity contribution in [3.8, 4) is 6.07 Å². The Labute approximate surface area is 117 Å². The van der Waals surface area contributed by atoms with Gasteiger partial charge in [0.1, 0.15) is 11.9 Å². The van der Waals surface area contributed by atoms with Gasteiger partial charge in [-0.1, -0.05) is 12.1 Å². The molecule has 5 heteroatoms. The molecule has 0 bridgehead atoms. The number of hydrogen-bond acceptors (Lipinski definition) is 4. The minimum Gasteiger partial charge on any atom is -0.465 e. The van der Waals surface area contributed by atoms with E-state index >= 15 is 0 Å². The van der Waals surface area contributed by atoms with Crippen LogP contribution >= 0.6 is 0 Å². The maximum absolute atomic E-state index is 13.0. The average molecular weight is 276 g/mol. The van der Waals surface area contributed by atoms with E-state index in [1.807, 2.05) is 0 Å². The highest BCUT2D eigenvalue weighted by atomic mass is 19.1. The molecule has 0 saturated carbocycles. The second-order valence-electron chi connectivity index (χ2n) is 5.19. The number of nitrogens with zero attached hydrogens (tertiary/aromatic N) is 1. The number of esters is 1. The first-order valence-corrected chi connectivity index (χ1v) is 6.59. The zero-order chi connectivity index (χ0) is 14.8. The smallest absolute Gasteiger partial charge is 0.323 e. The Hall–Kier alpha value is -1.93. The fraction of sp³-hybridized carbons (Fsp3) is 0.467. The molecule has 0 aliphatic carbocycles. The van der Waals surface area contributed by atoms with Crippen LogP contribution in [0, 0.1) is 22.6 Å². The van der Waals surface area contributed by atoms with Crippen molar-refractivity contribution in [1.29, 1.82) is 5.26 Å². The molecule has 0 amide bonds. The molecule has 0 spiro atoms. The van der Waals surface area contributed by atoms with Gasteiger partial charge in [0.05, 0.1) is 24.1 Å². The first-order chi connectivity index (χ1) is 9.50. The van der Waals surface area contributed by atoms with E-state index in [4.69, 9.17) is 4.74 Å². The molecule has 1 saturated heterocycles. The fourth-order valence-electron chi connectivity index (χ4n) is 2.61. The van der Waals surface area contributed by atoms with Crippen LogP contribution < -0.4 is 5.32 Å². The third-order valence-corrected chi connectivity index (χ3v) is 3.66. The Morgan fingerprint density at radius 1 is 1.55 bits per heavy atom. The molecular weight excluding hydrogens is 259 g/mol. The minimum absolute atomic E-state index is 0.307. The van der Waals surface area contributed by atoms with Gasteiger partial charge in [-0.3, -0.25) is 10.1 Å². The minimum atomic E-state index is -0.727. The molecule has 0 aromatic heterocycles. The first kappa shape index (κ1) is 14.5. The molecule has 1 aliphatic rings. The van der Waals surface area contributed by atoms with Crippen molar-refractivity contribution in [2.24, 2.45) is 5.41 Å². The molecule has 1 N–H and O–H groups in total. The lowest BCUT2D eigenvalue weighted by atomic mass is 9.80. The number of halogens is 1. The van der Waals surface area contributed by atoms with Crippen molar-refractivity contribution >= 4 is 5.97 Å². The van der Waals surface area contributed by atoms with Crippen molar-refractivity contribution in [2.75, 3.05) is 6.61 Å². The summed E-state index contributed by atoms with van der Waals surface area (Å²) >= 11 is 0. The molecule has 1 aromatic carbocycles. The number of ether oxygens (including phenoxy) is 1. The van der Waals surface area contributed by atoms with Crippen molar-refractivity contribution < 1.29 is 13.9 Å². The van der Waals surface area contributed by atoms with E-state index in [0.29, 0.717) is 13.0 Å². The van der Waals surface area contributed by atoms with Crippen LogP contribution in [0.5, 0.6) is 0 Å². The summed E-state index contributed by atoms with van der Waals surface area (Å²) in [5.74, 6) is -0.675. The van der Waals surface area contributed by atoms with Crippen LogP contribution in [0.15, 0.2) is 24.3 Å². The highest BCUT2D eigenvalue weighted by molar-refractivity contribution is 5.76. The number of hydrogen-bond donors (Lipinski definition) is 1. The van der Waals surface area contributed by atoms with Gasteiger partial charge < -0.3 is 4.74 Å². The van der Waals surface area contributed by atoms with Crippen LogP contribution in [0.2, 0.25) is 0 Å². The zero-order valence-corrected chi connectivity index (χ0v) is 11.5. The monoisotopic (exact) mass is 276 g/mol. The Bertz CT molecular complexity index is 538. The number of carbonyl (C=O) groups excluding carboxylic acids is 1. The van der Waals surface area contributed by atoms with Crippen molar-refractivity contribution in [3.63, 3.8) is 0 Å². The summed E-state index contributed by atoms with van der Waals surface area (Å²) in [5, 5.41) is 12.6. The summed E-state index contributed by atoms with van der Waals surface area (Å²) in [6.45, 7) is 3.85. The molecule has 3 atom stereocenters. The van der Waals surface area contributed by atoms with Gasteiger partial charge in [-0.25, -0.2) is 4.39 Å². The lowest BCUT2D eigenvalue weighted by molar-refractivity contribution is -0.145. The van der Waals surface area contributed by atoms with Gasteiger partial charge in [0.15, 0.2) is 0 Å². The summed E-state index contributed by atoms with van der Waals surface area (Å²) in [4.78, 5) is 11.8. The maximum Gasteiger partial charge on any atom is 0.323 e. The predicted molar refractivity (Wildman–Crippen MR) is 71.0 cm³/mol. The summed E-state index contributed by atoms with van der Waals surface area (Å²) in [6, 6.07) is 7.42. The van der Waals surface area contributed by atoms with Crippen LogP contribution in [0.1, 0.15) is 31.9 Å². The van der Waals surface area contributed by atoms with E-state index < -0.39 is 11.5 Å². The Kier molecular flexibility index (Phi) is 4.05. The fourth-order valence-corrected chi connectivity index (χ4v) is 2.61.